The summed E-state index contributed by atoms with van der Waals surface area (Å²) in [5.41, 5.74) is 0.155. The molecule has 2 aromatic rings. The fourth-order valence-corrected chi connectivity index (χ4v) is 4.15. The molecule has 4 heterocycles. The number of carbonyl (C=O) groups excluding carboxylic acids is 1. The Kier molecular flexibility index (Phi) is 5.54. The quantitative estimate of drug-likeness (QED) is 0.703. The average molecular weight is 457 g/mol. The lowest BCUT2D eigenvalue weighted by Gasteiger charge is -2.54. The van der Waals surface area contributed by atoms with Gasteiger partial charge in [0.1, 0.15) is 23.2 Å². The van der Waals surface area contributed by atoms with Crippen molar-refractivity contribution in [3.63, 3.8) is 0 Å². The summed E-state index contributed by atoms with van der Waals surface area (Å²) in [4.78, 5) is 27.8. The topological polar surface area (TPSA) is 83.5 Å². The van der Waals surface area contributed by atoms with Crippen LogP contribution in [0, 0.1) is 5.41 Å². The molecule has 4 rings (SSSR count). The summed E-state index contributed by atoms with van der Waals surface area (Å²) in [5.74, 6) is 0.748. The highest BCUT2D eigenvalue weighted by Crippen LogP contribution is 2.42. The highest BCUT2D eigenvalue weighted by Gasteiger charge is 2.45. The zero-order chi connectivity index (χ0) is 22.2. The molecule has 2 fully saturated rings. The minimum atomic E-state index is -4.79. The van der Waals surface area contributed by atoms with E-state index in [0.29, 0.717) is 11.6 Å². The van der Waals surface area contributed by atoms with E-state index in [9.17, 15) is 18.0 Å². The molecule has 0 radical (unpaired) electrons. The minimum Gasteiger partial charge on any atom is -0.406 e. The van der Waals surface area contributed by atoms with Gasteiger partial charge < -0.3 is 19.9 Å². The molecule has 0 unspecified atom stereocenters. The maximum atomic E-state index is 12.4. The summed E-state index contributed by atoms with van der Waals surface area (Å²) in [6.07, 6.45) is -1.73. The van der Waals surface area contributed by atoms with Crippen molar-refractivity contribution in [3.05, 3.63) is 29.7 Å². The third-order valence-corrected chi connectivity index (χ3v) is 5.72. The molecule has 1 spiro atoms. The average Bonchev–Trinajstić information content (AvgIpc) is 2.64. The number of nitrogens with zero attached hydrogens (tertiary/aromatic N) is 5. The van der Waals surface area contributed by atoms with Gasteiger partial charge in [-0.15, -0.1) is 13.2 Å². The van der Waals surface area contributed by atoms with Crippen molar-refractivity contribution in [1.29, 1.82) is 0 Å². The first-order valence-electron chi connectivity index (χ1n) is 9.65. The smallest absolute Gasteiger partial charge is 0.406 e. The van der Waals surface area contributed by atoms with E-state index >= 15 is 0 Å². The zero-order valence-electron chi connectivity index (χ0n) is 16.6. The standard InChI is InChI=1S/C19H20ClF3N6O2/c1-12(30)28-6-3-18(4-7-28)10-29(11-18)16-9-15(26-17(20)27-16)25-14-8-13(2-5-24-14)31-19(21,22)23/h2,5,8-9H,3-4,6-7,10-11H2,1H3,(H,24,25,26,27). The van der Waals surface area contributed by atoms with Crippen LogP contribution in [0.1, 0.15) is 19.8 Å². The first kappa shape index (κ1) is 21.4. The number of alkyl halides is 3. The van der Waals surface area contributed by atoms with E-state index in [2.05, 4.69) is 29.9 Å². The van der Waals surface area contributed by atoms with Gasteiger partial charge in [-0.3, -0.25) is 4.79 Å². The van der Waals surface area contributed by atoms with Gasteiger partial charge in [-0.2, -0.15) is 0 Å². The first-order chi connectivity index (χ1) is 14.6. The molecule has 0 atom stereocenters. The molecule has 0 aliphatic carbocycles. The Morgan fingerprint density at radius 1 is 1.19 bits per heavy atom. The van der Waals surface area contributed by atoms with Crippen LogP contribution in [0.5, 0.6) is 5.75 Å². The lowest BCUT2D eigenvalue weighted by Crippen LogP contribution is -2.61. The lowest BCUT2D eigenvalue weighted by atomic mass is 9.72. The van der Waals surface area contributed by atoms with Gasteiger partial charge in [0, 0.05) is 56.8 Å². The number of pyridine rings is 1. The number of hydrogen-bond donors (Lipinski definition) is 1. The minimum absolute atomic E-state index is 0.00930. The number of carbonyl (C=O) groups is 1. The molecule has 0 bridgehead atoms. The van der Waals surface area contributed by atoms with E-state index in [4.69, 9.17) is 11.6 Å². The van der Waals surface area contributed by atoms with Crippen molar-refractivity contribution < 1.29 is 22.7 Å². The van der Waals surface area contributed by atoms with Crippen molar-refractivity contribution in [2.24, 2.45) is 5.41 Å². The number of hydrogen-bond acceptors (Lipinski definition) is 7. The number of nitrogens with one attached hydrogen (secondary N) is 1. The molecule has 12 heteroatoms. The molecule has 0 aromatic carbocycles. The number of amides is 1. The number of ether oxygens (including phenoxy) is 1. The molecule has 2 aromatic heterocycles. The Hall–Kier alpha value is -2.82. The lowest BCUT2D eigenvalue weighted by molar-refractivity contribution is -0.274. The van der Waals surface area contributed by atoms with Crippen LogP contribution < -0.4 is 15.0 Å². The summed E-state index contributed by atoms with van der Waals surface area (Å²) in [5, 5.41) is 2.85. The van der Waals surface area contributed by atoms with Gasteiger partial charge in [0.2, 0.25) is 11.2 Å². The molecule has 1 N–H and O–H groups in total. The molecular weight excluding hydrogens is 437 g/mol. The highest BCUT2D eigenvalue weighted by molar-refractivity contribution is 6.28. The van der Waals surface area contributed by atoms with Gasteiger partial charge in [-0.25, -0.2) is 15.0 Å². The third kappa shape index (κ3) is 5.09. The van der Waals surface area contributed by atoms with Crippen LogP contribution in [0.2, 0.25) is 5.28 Å². The van der Waals surface area contributed by atoms with Gasteiger partial charge in [0.25, 0.3) is 0 Å². The molecule has 1 amide bonds. The van der Waals surface area contributed by atoms with Crippen molar-refractivity contribution in [2.45, 2.75) is 26.1 Å². The first-order valence-corrected chi connectivity index (χ1v) is 10.0. The number of halogens is 4. The maximum Gasteiger partial charge on any atom is 0.573 e. The molecule has 2 aliphatic heterocycles. The van der Waals surface area contributed by atoms with Crippen LogP contribution in [0.25, 0.3) is 0 Å². The fraction of sp³-hybridized carbons (Fsp3) is 0.474. The van der Waals surface area contributed by atoms with Crippen LogP contribution in [0.15, 0.2) is 24.4 Å². The van der Waals surface area contributed by atoms with Gasteiger partial charge in [0.05, 0.1) is 0 Å². The number of aromatic nitrogens is 3. The Balaban J connectivity index is 1.42. The van der Waals surface area contributed by atoms with Crippen molar-refractivity contribution >= 4 is 35.0 Å². The second-order valence-corrected chi connectivity index (χ2v) is 8.13. The fourth-order valence-electron chi connectivity index (χ4n) is 3.98. The number of likely N-dealkylation sites (tertiary alicyclic amines) is 1. The maximum absolute atomic E-state index is 12.4. The van der Waals surface area contributed by atoms with E-state index in [1.165, 1.54) is 6.20 Å². The van der Waals surface area contributed by atoms with E-state index in [1.54, 1.807) is 13.0 Å². The van der Waals surface area contributed by atoms with E-state index in [-0.39, 0.29) is 22.4 Å². The molecule has 8 nitrogen and oxygen atoms in total. The summed E-state index contributed by atoms with van der Waals surface area (Å²) >= 11 is 6.06. The molecule has 2 saturated heterocycles. The van der Waals surface area contributed by atoms with Crippen molar-refractivity contribution in [2.75, 3.05) is 36.4 Å². The van der Waals surface area contributed by atoms with Gasteiger partial charge >= 0.3 is 6.36 Å². The number of anilines is 3. The van der Waals surface area contributed by atoms with E-state index < -0.39 is 12.1 Å². The Morgan fingerprint density at radius 2 is 1.90 bits per heavy atom. The highest BCUT2D eigenvalue weighted by atomic mass is 35.5. The van der Waals surface area contributed by atoms with Crippen molar-refractivity contribution in [3.8, 4) is 5.75 Å². The summed E-state index contributed by atoms with van der Waals surface area (Å²) in [6.45, 7) is 4.67. The van der Waals surface area contributed by atoms with Gasteiger partial charge in [0.15, 0.2) is 0 Å². The van der Waals surface area contributed by atoms with Gasteiger partial charge in [-0.1, -0.05) is 0 Å². The molecular formula is C19H20ClF3N6O2. The Morgan fingerprint density at radius 3 is 2.55 bits per heavy atom. The molecule has 166 valence electrons. The van der Waals surface area contributed by atoms with Crippen LogP contribution >= 0.6 is 11.6 Å². The predicted octanol–water partition coefficient (Wildman–Crippen LogP) is 3.62. The third-order valence-electron chi connectivity index (χ3n) is 5.55. The molecule has 2 aliphatic rings. The summed E-state index contributed by atoms with van der Waals surface area (Å²) < 4.78 is 41.2. The number of piperidine rings is 1. The van der Waals surface area contributed by atoms with Crippen LogP contribution in [-0.2, 0) is 4.79 Å². The second kappa shape index (κ2) is 8.03. The van der Waals surface area contributed by atoms with E-state index in [1.807, 2.05) is 4.90 Å². The van der Waals surface area contributed by atoms with Gasteiger partial charge in [-0.05, 0) is 30.5 Å². The van der Waals surface area contributed by atoms with Crippen LogP contribution in [0.3, 0.4) is 0 Å². The van der Waals surface area contributed by atoms with Crippen LogP contribution in [0.4, 0.5) is 30.6 Å². The number of rotatable bonds is 4. The Bertz CT molecular complexity index is 973. The van der Waals surface area contributed by atoms with Crippen LogP contribution in [-0.4, -0.2) is 58.3 Å². The summed E-state index contributed by atoms with van der Waals surface area (Å²) in [6, 6.07) is 3.89. The second-order valence-electron chi connectivity index (χ2n) is 7.79. The van der Waals surface area contributed by atoms with E-state index in [0.717, 1.165) is 51.2 Å². The molecule has 0 saturated carbocycles. The van der Waals surface area contributed by atoms with Crippen molar-refractivity contribution in [1.82, 2.24) is 19.9 Å². The zero-order valence-corrected chi connectivity index (χ0v) is 17.4. The predicted molar refractivity (Wildman–Crippen MR) is 107 cm³/mol. The summed E-state index contributed by atoms with van der Waals surface area (Å²) in [7, 11) is 0. The normalized spacial score (nSPS) is 18.0. The largest absolute Gasteiger partial charge is 0.573 e. The Labute approximate surface area is 181 Å². The monoisotopic (exact) mass is 456 g/mol. The molecule has 31 heavy (non-hydrogen) atoms. The SMILES string of the molecule is CC(=O)N1CCC2(CC1)CN(c1cc(Nc3cc(OC(F)(F)F)ccn3)nc(Cl)n1)C2.